The molecule has 0 aliphatic rings. The van der Waals surface area contributed by atoms with Crippen molar-refractivity contribution in [3.05, 3.63) is 29.3 Å². The van der Waals surface area contributed by atoms with E-state index < -0.39 is 0 Å². The second kappa shape index (κ2) is 7.33. The smallest absolute Gasteiger partial charge is 0.122 e. The van der Waals surface area contributed by atoms with Gasteiger partial charge in [0.2, 0.25) is 0 Å². The van der Waals surface area contributed by atoms with Gasteiger partial charge in [-0.15, -0.1) is 0 Å². The normalized spacial score (nSPS) is 11.1. The Morgan fingerprint density at radius 3 is 2.71 bits per heavy atom. The Kier molecular flexibility index (Phi) is 6.06. The number of para-hydroxylation sites is 1. The molecule has 1 rings (SSSR count). The van der Waals surface area contributed by atoms with Crippen molar-refractivity contribution in [2.45, 2.75) is 46.6 Å². The van der Waals surface area contributed by atoms with Gasteiger partial charge in [-0.05, 0) is 31.4 Å². The highest BCUT2D eigenvalue weighted by Gasteiger charge is 2.02. The van der Waals surface area contributed by atoms with Gasteiger partial charge in [0.1, 0.15) is 5.75 Å². The molecule has 0 radical (unpaired) electrons. The Balaban J connectivity index is 2.20. The summed E-state index contributed by atoms with van der Waals surface area (Å²) in [7, 11) is 0. The molecule has 0 aliphatic heterocycles. The molecule has 0 aromatic heterocycles. The number of unbranched alkanes of at least 4 members (excludes halogenated alkanes) is 1. The first-order valence-electron chi connectivity index (χ1n) is 6.59. The fourth-order valence-electron chi connectivity index (χ4n) is 1.89. The fourth-order valence-corrected chi connectivity index (χ4v) is 1.89. The van der Waals surface area contributed by atoms with Crippen molar-refractivity contribution in [3.8, 4) is 5.75 Å². The quantitative estimate of drug-likeness (QED) is 0.707. The third-order valence-electron chi connectivity index (χ3n) is 3.02. The van der Waals surface area contributed by atoms with E-state index in [1.54, 1.807) is 0 Å². The van der Waals surface area contributed by atoms with Crippen LogP contribution in [0.2, 0.25) is 0 Å². The molecular weight excluding hydrogens is 210 g/mol. The van der Waals surface area contributed by atoms with Crippen molar-refractivity contribution in [1.82, 2.24) is 5.32 Å². The second-order valence-electron chi connectivity index (χ2n) is 5.15. The van der Waals surface area contributed by atoms with E-state index in [4.69, 9.17) is 0 Å². The molecule has 0 saturated heterocycles. The zero-order valence-corrected chi connectivity index (χ0v) is 11.3. The van der Waals surface area contributed by atoms with Crippen molar-refractivity contribution in [3.63, 3.8) is 0 Å². The molecule has 0 unspecified atom stereocenters. The summed E-state index contributed by atoms with van der Waals surface area (Å²) in [6, 6.07) is 5.90. The Hall–Kier alpha value is -1.02. The molecule has 1 aromatic carbocycles. The number of aromatic hydroxyl groups is 1. The van der Waals surface area contributed by atoms with E-state index in [0.29, 0.717) is 5.75 Å². The highest BCUT2D eigenvalue weighted by molar-refractivity contribution is 5.39. The Labute approximate surface area is 105 Å². The number of hydrogen-bond acceptors (Lipinski definition) is 2. The first-order chi connectivity index (χ1) is 8.11. The molecule has 17 heavy (non-hydrogen) atoms. The van der Waals surface area contributed by atoms with Crippen LogP contribution in [0.5, 0.6) is 5.75 Å². The van der Waals surface area contributed by atoms with Gasteiger partial charge in [-0.3, -0.25) is 0 Å². The van der Waals surface area contributed by atoms with Crippen LogP contribution >= 0.6 is 0 Å². The molecular formula is C15H25NO. The summed E-state index contributed by atoms with van der Waals surface area (Å²) >= 11 is 0. The molecule has 1 aromatic rings. The van der Waals surface area contributed by atoms with E-state index in [0.717, 1.165) is 30.1 Å². The van der Waals surface area contributed by atoms with Crippen LogP contribution in [0.4, 0.5) is 0 Å². The van der Waals surface area contributed by atoms with Crippen LogP contribution in [0.1, 0.15) is 44.2 Å². The van der Waals surface area contributed by atoms with Crippen LogP contribution in [-0.2, 0) is 6.54 Å². The van der Waals surface area contributed by atoms with Gasteiger partial charge in [-0.1, -0.05) is 44.9 Å². The predicted octanol–water partition coefficient (Wildman–Crippen LogP) is 3.62. The summed E-state index contributed by atoms with van der Waals surface area (Å²) in [5.41, 5.74) is 1.94. The predicted molar refractivity (Wildman–Crippen MR) is 73.2 cm³/mol. The maximum Gasteiger partial charge on any atom is 0.122 e. The lowest BCUT2D eigenvalue weighted by molar-refractivity contribution is 0.458. The zero-order valence-electron chi connectivity index (χ0n) is 11.3. The number of hydrogen-bond donors (Lipinski definition) is 2. The van der Waals surface area contributed by atoms with Crippen LogP contribution in [0.25, 0.3) is 0 Å². The van der Waals surface area contributed by atoms with E-state index in [2.05, 4.69) is 19.2 Å². The van der Waals surface area contributed by atoms with Crippen LogP contribution < -0.4 is 5.32 Å². The molecule has 0 spiro atoms. The van der Waals surface area contributed by atoms with Gasteiger partial charge in [-0.2, -0.15) is 0 Å². The lowest BCUT2D eigenvalue weighted by Gasteiger charge is -2.09. The summed E-state index contributed by atoms with van der Waals surface area (Å²) in [6.07, 6.45) is 3.80. The van der Waals surface area contributed by atoms with Gasteiger partial charge in [0.25, 0.3) is 0 Å². The largest absolute Gasteiger partial charge is 0.507 e. The lowest BCUT2D eigenvalue weighted by Crippen LogP contribution is -2.15. The third kappa shape index (κ3) is 5.22. The average Bonchev–Trinajstić information content (AvgIpc) is 2.28. The van der Waals surface area contributed by atoms with Gasteiger partial charge >= 0.3 is 0 Å². The first-order valence-corrected chi connectivity index (χ1v) is 6.59. The van der Waals surface area contributed by atoms with Crippen molar-refractivity contribution in [2.24, 2.45) is 5.92 Å². The summed E-state index contributed by atoms with van der Waals surface area (Å²) < 4.78 is 0. The number of phenolic OH excluding ortho intramolecular Hbond substituents is 1. The molecule has 0 saturated carbocycles. The monoisotopic (exact) mass is 235 g/mol. The maximum atomic E-state index is 9.83. The number of aryl methyl sites for hydroxylation is 1. The molecule has 0 atom stereocenters. The fraction of sp³-hybridized carbons (Fsp3) is 0.600. The van der Waals surface area contributed by atoms with Gasteiger partial charge in [-0.25, -0.2) is 0 Å². The lowest BCUT2D eigenvalue weighted by atomic mass is 10.1. The average molecular weight is 235 g/mol. The van der Waals surface area contributed by atoms with Gasteiger partial charge in [0.15, 0.2) is 0 Å². The van der Waals surface area contributed by atoms with Crippen molar-refractivity contribution in [1.29, 1.82) is 0 Å². The SMILES string of the molecule is Cc1cccc(CNCCCCC(C)C)c1O. The van der Waals surface area contributed by atoms with Crippen LogP contribution in [-0.4, -0.2) is 11.7 Å². The molecule has 2 N–H and O–H groups in total. The number of rotatable bonds is 7. The van der Waals surface area contributed by atoms with Crippen LogP contribution in [0.15, 0.2) is 18.2 Å². The molecule has 0 bridgehead atoms. The molecule has 0 fully saturated rings. The minimum absolute atomic E-state index is 0.433. The van der Waals surface area contributed by atoms with Crippen molar-refractivity contribution < 1.29 is 5.11 Å². The highest BCUT2D eigenvalue weighted by atomic mass is 16.3. The minimum atomic E-state index is 0.433. The van der Waals surface area contributed by atoms with Crippen LogP contribution in [0.3, 0.4) is 0 Å². The topological polar surface area (TPSA) is 32.3 Å². The van der Waals surface area contributed by atoms with Crippen molar-refractivity contribution >= 4 is 0 Å². The number of benzene rings is 1. The van der Waals surface area contributed by atoms with Gasteiger partial charge in [0, 0.05) is 12.1 Å². The first kappa shape index (κ1) is 14.0. The zero-order chi connectivity index (χ0) is 12.7. The standard InChI is InChI=1S/C15H25NO/c1-12(2)7-4-5-10-16-11-14-9-6-8-13(3)15(14)17/h6,8-9,12,16-17H,4-5,7,10-11H2,1-3H3. The van der Waals surface area contributed by atoms with E-state index >= 15 is 0 Å². The van der Waals surface area contributed by atoms with Gasteiger partial charge < -0.3 is 10.4 Å². The molecule has 2 nitrogen and oxygen atoms in total. The Bertz CT molecular complexity index is 334. The Morgan fingerprint density at radius 2 is 2.00 bits per heavy atom. The second-order valence-corrected chi connectivity index (χ2v) is 5.15. The van der Waals surface area contributed by atoms with E-state index in [9.17, 15) is 5.11 Å². The minimum Gasteiger partial charge on any atom is -0.507 e. The van der Waals surface area contributed by atoms with E-state index in [-0.39, 0.29) is 0 Å². The maximum absolute atomic E-state index is 9.83. The summed E-state index contributed by atoms with van der Waals surface area (Å²) in [6.45, 7) is 8.24. The summed E-state index contributed by atoms with van der Waals surface area (Å²) in [4.78, 5) is 0. The van der Waals surface area contributed by atoms with Gasteiger partial charge in [0.05, 0.1) is 0 Å². The molecule has 0 heterocycles. The third-order valence-corrected chi connectivity index (χ3v) is 3.02. The molecule has 0 aliphatic carbocycles. The van der Waals surface area contributed by atoms with Crippen molar-refractivity contribution in [2.75, 3.05) is 6.54 Å². The highest BCUT2D eigenvalue weighted by Crippen LogP contribution is 2.20. The summed E-state index contributed by atoms with van der Waals surface area (Å²) in [5.74, 6) is 1.23. The number of nitrogens with one attached hydrogen (secondary N) is 1. The van der Waals surface area contributed by atoms with E-state index in [1.165, 1.54) is 19.3 Å². The Morgan fingerprint density at radius 1 is 1.24 bits per heavy atom. The summed E-state index contributed by atoms with van der Waals surface area (Å²) in [5, 5.41) is 13.2. The van der Waals surface area contributed by atoms with Crippen LogP contribution in [0, 0.1) is 12.8 Å². The molecule has 96 valence electrons. The molecule has 0 amide bonds. The number of phenols is 1. The molecule has 2 heteroatoms. The van der Waals surface area contributed by atoms with E-state index in [1.807, 2.05) is 25.1 Å².